The topological polar surface area (TPSA) is 67.6 Å². The lowest BCUT2D eigenvalue weighted by Crippen LogP contribution is -2.49. The zero-order valence-electron chi connectivity index (χ0n) is 11.4. The minimum Gasteiger partial charge on any atom is -0.497 e. The summed E-state index contributed by atoms with van der Waals surface area (Å²) < 4.78 is 5.24. The van der Waals surface area contributed by atoms with Gasteiger partial charge in [-0.05, 0) is 25.5 Å². The Morgan fingerprint density at radius 3 is 3.00 bits per heavy atom. The van der Waals surface area contributed by atoms with Crippen molar-refractivity contribution in [1.29, 1.82) is 0 Å². The average molecular weight is 263 g/mol. The van der Waals surface area contributed by atoms with Crippen molar-refractivity contribution in [2.75, 3.05) is 25.1 Å². The molecule has 2 rings (SSSR count). The fourth-order valence-corrected chi connectivity index (χ4v) is 2.37. The maximum absolute atomic E-state index is 12.1. The SMILES string of the molecule is COc1cccc(N2CCC(C)NC(=O)C2CN)c1. The van der Waals surface area contributed by atoms with Gasteiger partial charge >= 0.3 is 0 Å². The summed E-state index contributed by atoms with van der Waals surface area (Å²) in [7, 11) is 1.64. The summed E-state index contributed by atoms with van der Waals surface area (Å²) in [6, 6.07) is 7.59. The number of benzene rings is 1. The normalized spacial score (nSPS) is 23.7. The lowest BCUT2D eigenvalue weighted by molar-refractivity contribution is -0.122. The molecule has 0 saturated carbocycles. The molecule has 5 nitrogen and oxygen atoms in total. The Labute approximate surface area is 113 Å². The quantitative estimate of drug-likeness (QED) is 0.844. The third-order valence-corrected chi connectivity index (χ3v) is 3.48. The first kappa shape index (κ1) is 13.7. The van der Waals surface area contributed by atoms with Crippen LogP contribution in [0.2, 0.25) is 0 Å². The molecule has 0 bridgehead atoms. The van der Waals surface area contributed by atoms with Gasteiger partial charge in [0.05, 0.1) is 7.11 Å². The van der Waals surface area contributed by atoms with Gasteiger partial charge in [-0.15, -0.1) is 0 Å². The largest absolute Gasteiger partial charge is 0.497 e. The fraction of sp³-hybridized carbons (Fsp3) is 0.500. The van der Waals surface area contributed by atoms with Crippen molar-refractivity contribution in [3.63, 3.8) is 0 Å². The van der Waals surface area contributed by atoms with Crippen molar-refractivity contribution in [3.05, 3.63) is 24.3 Å². The maximum Gasteiger partial charge on any atom is 0.244 e. The number of nitrogens with two attached hydrogens (primary N) is 1. The minimum absolute atomic E-state index is 0.00433. The van der Waals surface area contributed by atoms with Crippen LogP contribution in [-0.4, -0.2) is 38.2 Å². The molecule has 1 aromatic rings. The van der Waals surface area contributed by atoms with E-state index in [1.165, 1.54) is 0 Å². The number of carbonyl (C=O) groups is 1. The lowest BCUT2D eigenvalue weighted by atomic mass is 10.2. The Bertz CT molecular complexity index is 450. The highest BCUT2D eigenvalue weighted by Crippen LogP contribution is 2.24. The molecular formula is C14H21N3O2. The van der Waals surface area contributed by atoms with Gasteiger partial charge in [0.15, 0.2) is 0 Å². The van der Waals surface area contributed by atoms with Gasteiger partial charge in [0.1, 0.15) is 11.8 Å². The van der Waals surface area contributed by atoms with Gasteiger partial charge < -0.3 is 20.7 Å². The van der Waals surface area contributed by atoms with E-state index < -0.39 is 0 Å². The zero-order valence-corrected chi connectivity index (χ0v) is 11.4. The van der Waals surface area contributed by atoms with Crippen LogP contribution in [0.1, 0.15) is 13.3 Å². The molecule has 3 N–H and O–H groups in total. The predicted molar refractivity (Wildman–Crippen MR) is 75.4 cm³/mol. The third kappa shape index (κ3) is 2.98. The number of nitrogens with one attached hydrogen (secondary N) is 1. The van der Waals surface area contributed by atoms with Crippen molar-refractivity contribution in [1.82, 2.24) is 5.32 Å². The first-order valence-corrected chi connectivity index (χ1v) is 6.57. The monoisotopic (exact) mass is 263 g/mol. The summed E-state index contributed by atoms with van der Waals surface area (Å²) in [5.41, 5.74) is 6.74. The average Bonchev–Trinajstić information content (AvgIpc) is 2.56. The van der Waals surface area contributed by atoms with E-state index in [1.54, 1.807) is 7.11 Å². The number of ether oxygens (including phenoxy) is 1. The number of hydrogen-bond donors (Lipinski definition) is 2. The van der Waals surface area contributed by atoms with E-state index in [1.807, 2.05) is 31.2 Å². The zero-order chi connectivity index (χ0) is 13.8. The first-order chi connectivity index (χ1) is 9.15. The molecule has 0 radical (unpaired) electrons. The number of hydrogen-bond acceptors (Lipinski definition) is 4. The summed E-state index contributed by atoms with van der Waals surface area (Å²) in [6.45, 7) is 3.12. The van der Waals surface area contributed by atoms with Crippen LogP contribution >= 0.6 is 0 Å². The van der Waals surface area contributed by atoms with E-state index in [9.17, 15) is 4.79 Å². The van der Waals surface area contributed by atoms with Crippen LogP contribution < -0.4 is 20.7 Å². The Hall–Kier alpha value is -1.75. The molecule has 1 aliphatic rings. The second-order valence-electron chi connectivity index (χ2n) is 4.84. The van der Waals surface area contributed by atoms with Crippen molar-refractivity contribution in [2.45, 2.75) is 25.4 Å². The van der Waals surface area contributed by atoms with Crippen LogP contribution in [0.3, 0.4) is 0 Å². The smallest absolute Gasteiger partial charge is 0.244 e. The van der Waals surface area contributed by atoms with E-state index >= 15 is 0 Å². The minimum atomic E-state index is -0.322. The Morgan fingerprint density at radius 2 is 2.32 bits per heavy atom. The molecule has 2 unspecified atom stereocenters. The van der Waals surface area contributed by atoms with Gasteiger partial charge in [-0.3, -0.25) is 4.79 Å². The number of nitrogens with zero attached hydrogens (tertiary/aromatic N) is 1. The number of anilines is 1. The molecule has 0 aliphatic carbocycles. The highest BCUT2D eigenvalue weighted by Gasteiger charge is 2.29. The molecule has 2 atom stereocenters. The van der Waals surface area contributed by atoms with E-state index in [2.05, 4.69) is 10.2 Å². The summed E-state index contributed by atoms with van der Waals surface area (Å²) >= 11 is 0. The molecule has 1 saturated heterocycles. The molecule has 1 amide bonds. The maximum atomic E-state index is 12.1. The molecule has 1 fully saturated rings. The Morgan fingerprint density at radius 1 is 1.53 bits per heavy atom. The molecule has 5 heteroatoms. The number of amides is 1. The Balaban J connectivity index is 2.30. The molecule has 19 heavy (non-hydrogen) atoms. The second-order valence-corrected chi connectivity index (χ2v) is 4.84. The van der Waals surface area contributed by atoms with E-state index in [-0.39, 0.29) is 18.0 Å². The summed E-state index contributed by atoms with van der Waals surface area (Å²) in [4.78, 5) is 14.2. The predicted octanol–water partition coefficient (Wildman–Crippen LogP) is 0.737. The highest BCUT2D eigenvalue weighted by atomic mass is 16.5. The fourth-order valence-electron chi connectivity index (χ4n) is 2.37. The van der Waals surface area contributed by atoms with Gasteiger partial charge in [0.25, 0.3) is 0 Å². The number of carbonyl (C=O) groups excluding carboxylic acids is 1. The van der Waals surface area contributed by atoms with Crippen molar-refractivity contribution in [2.24, 2.45) is 5.73 Å². The number of rotatable bonds is 3. The highest BCUT2D eigenvalue weighted by molar-refractivity contribution is 5.86. The standard InChI is InChI=1S/C14H21N3O2/c1-10-6-7-17(13(9-15)14(18)16-10)11-4-3-5-12(8-11)19-2/h3-5,8,10,13H,6-7,9,15H2,1-2H3,(H,16,18). The van der Waals surface area contributed by atoms with Gasteiger partial charge in [-0.25, -0.2) is 0 Å². The van der Waals surface area contributed by atoms with Crippen LogP contribution in [0.5, 0.6) is 5.75 Å². The van der Waals surface area contributed by atoms with Crippen molar-refractivity contribution in [3.8, 4) is 5.75 Å². The van der Waals surface area contributed by atoms with Gasteiger partial charge in [-0.2, -0.15) is 0 Å². The van der Waals surface area contributed by atoms with E-state index in [4.69, 9.17) is 10.5 Å². The summed E-state index contributed by atoms with van der Waals surface area (Å²) in [5, 5.41) is 2.98. The van der Waals surface area contributed by atoms with Gasteiger partial charge in [0.2, 0.25) is 5.91 Å². The van der Waals surface area contributed by atoms with Crippen molar-refractivity contribution >= 4 is 11.6 Å². The molecule has 104 valence electrons. The molecule has 1 aliphatic heterocycles. The molecule has 0 aromatic heterocycles. The van der Waals surface area contributed by atoms with Gasteiger partial charge in [0, 0.05) is 30.9 Å². The van der Waals surface area contributed by atoms with Crippen LogP contribution in [0.4, 0.5) is 5.69 Å². The summed E-state index contributed by atoms with van der Waals surface area (Å²) in [5.74, 6) is 0.779. The van der Waals surface area contributed by atoms with Crippen LogP contribution in [0.15, 0.2) is 24.3 Å². The van der Waals surface area contributed by atoms with E-state index in [0.717, 1.165) is 24.4 Å². The molecule has 1 heterocycles. The van der Waals surface area contributed by atoms with Crippen molar-refractivity contribution < 1.29 is 9.53 Å². The van der Waals surface area contributed by atoms with Crippen LogP contribution in [-0.2, 0) is 4.79 Å². The van der Waals surface area contributed by atoms with Gasteiger partial charge in [-0.1, -0.05) is 6.07 Å². The molecule has 1 aromatic carbocycles. The number of methoxy groups -OCH3 is 1. The van der Waals surface area contributed by atoms with Crippen LogP contribution in [0.25, 0.3) is 0 Å². The molecule has 0 spiro atoms. The van der Waals surface area contributed by atoms with Crippen LogP contribution in [0, 0.1) is 0 Å². The Kier molecular flexibility index (Phi) is 4.27. The van der Waals surface area contributed by atoms with E-state index in [0.29, 0.717) is 6.54 Å². The lowest BCUT2D eigenvalue weighted by Gasteiger charge is -2.29. The second kappa shape index (κ2) is 5.93. The molecular weight excluding hydrogens is 242 g/mol. The first-order valence-electron chi connectivity index (χ1n) is 6.57. The summed E-state index contributed by atoms with van der Waals surface area (Å²) in [6.07, 6.45) is 0.902. The third-order valence-electron chi connectivity index (χ3n) is 3.48.